The van der Waals surface area contributed by atoms with E-state index in [9.17, 15) is 9.90 Å². The molecule has 1 aromatic carbocycles. The van der Waals surface area contributed by atoms with E-state index in [0.717, 1.165) is 5.69 Å². The first-order valence-electron chi connectivity index (χ1n) is 6.19. The summed E-state index contributed by atoms with van der Waals surface area (Å²) in [6.45, 7) is 2.74. The molecule has 0 aromatic heterocycles. The number of hydrogen-bond acceptors (Lipinski definition) is 3. The van der Waals surface area contributed by atoms with E-state index in [1.54, 1.807) is 0 Å². The fraction of sp³-hybridized carbons (Fsp3) is 0.500. The zero-order valence-electron chi connectivity index (χ0n) is 10.8. The number of carboxylic acids is 1. The normalized spacial score (nSPS) is 28.1. The molecule has 1 aliphatic rings. The van der Waals surface area contributed by atoms with Crippen molar-refractivity contribution in [3.63, 3.8) is 0 Å². The van der Waals surface area contributed by atoms with Crippen molar-refractivity contribution in [2.75, 3.05) is 18.6 Å². The molecule has 2 atom stereocenters. The zero-order valence-corrected chi connectivity index (χ0v) is 10.8. The molecule has 2 unspecified atom stereocenters. The van der Waals surface area contributed by atoms with E-state index in [1.165, 1.54) is 7.11 Å². The summed E-state index contributed by atoms with van der Waals surface area (Å²) in [5.41, 5.74) is 0.116. The molecule has 1 heterocycles. The van der Waals surface area contributed by atoms with Gasteiger partial charge in [-0.1, -0.05) is 18.2 Å². The third-order valence-corrected chi connectivity index (χ3v) is 3.78. The van der Waals surface area contributed by atoms with Gasteiger partial charge in [0, 0.05) is 38.2 Å². The largest absolute Gasteiger partial charge is 0.479 e. The van der Waals surface area contributed by atoms with E-state index in [4.69, 9.17) is 4.74 Å². The second-order valence-electron chi connectivity index (χ2n) is 4.84. The van der Waals surface area contributed by atoms with Crippen molar-refractivity contribution in [1.82, 2.24) is 0 Å². The minimum atomic E-state index is -1.02. The number of benzene rings is 1. The first-order valence-corrected chi connectivity index (χ1v) is 6.19. The Bertz CT molecular complexity index is 420. The lowest BCUT2D eigenvalue weighted by Gasteiger charge is -2.43. The summed E-state index contributed by atoms with van der Waals surface area (Å²) in [5.74, 6) is -0.857. The highest BCUT2D eigenvalue weighted by Gasteiger charge is 2.44. The van der Waals surface area contributed by atoms with Crippen LogP contribution in [-0.4, -0.2) is 36.4 Å². The molecule has 0 radical (unpaired) electrons. The molecule has 4 nitrogen and oxygen atoms in total. The van der Waals surface area contributed by atoms with Gasteiger partial charge in [0.2, 0.25) is 0 Å². The molecule has 1 aromatic rings. The minimum absolute atomic E-state index is 0.150. The fourth-order valence-corrected chi connectivity index (χ4v) is 2.68. The smallest absolute Gasteiger partial charge is 0.336 e. The van der Waals surface area contributed by atoms with Crippen molar-refractivity contribution in [2.45, 2.75) is 31.4 Å². The lowest BCUT2D eigenvalue weighted by molar-refractivity contribution is -0.165. The molecular weight excluding hydrogens is 230 g/mol. The first-order chi connectivity index (χ1) is 8.59. The summed E-state index contributed by atoms with van der Waals surface area (Å²) in [6, 6.07) is 10.2. The molecule has 1 saturated heterocycles. The topological polar surface area (TPSA) is 49.8 Å². The molecule has 98 valence electrons. The second-order valence-corrected chi connectivity index (χ2v) is 4.84. The maximum absolute atomic E-state index is 11.4. The lowest BCUT2D eigenvalue weighted by atomic mass is 9.86. The van der Waals surface area contributed by atoms with Crippen LogP contribution in [0.15, 0.2) is 30.3 Å². The van der Waals surface area contributed by atoms with Gasteiger partial charge in [-0.05, 0) is 19.1 Å². The van der Waals surface area contributed by atoms with Gasteiger partial charge in [-0.3, -0.25) is 0 Å². The van der Waals surface area contributed by atoms with Crippen molar-refractivity contribution < 1.29 is 14.6 Å². The molecule has 18 heavy (non-hydrogen) atoms. The minimum Gasteiger partial charge on any atom is -0.479 e. The van der Waals surface area contributed by atoms with Crippen LogP contribution in [0.5, 0.6) is 0 Å². The second kappa shape index (κ2) is 4.98. The van der Waals surface area contributed by atoms with Crippen molar-refractivity contribution in [1.29, 1.82) is 0 Å². The van der Waals surface area contributed by atoms with Crippen molar-refractivity contribution in [3.05, 3.63) is 30.3 Å². The summed E-state index contributed by atoms with van der Waals surface area (Å²) in [6.07, 6.45) is 1.02. The molecule has 4 heteroatoms. The molecule has 0 amide bonds. The number of nitrogens with zero attached hydrogens (tertiary/aromatic N) is 1. The molecule has 0 bridgehead atoms. The predicted octanol–water partition coefficient (Wildman–Crippen LogP) is 2.15. The highest BCUT2D eigenvalue weighted by Crippen LogP contribution is 2.33. The number of hydrogen-bond donors (Lipinski definition) is 1. The van der Waals surface area contributed by atoms with E-state index in [0.29, 0.717) is 19.4 Å². The van der Waals surface area contributed by atoms with Gasteiger partial charge in [-0.15, -0.1) is 0 Å². The van der Waals surface area contributed by atoms with Crippen LogP contribution in [0.1, 0.15) is 19.8 Å². The maximum atomic E-state index is 11.4. The molecule has 2 rings (SSSR count). The van der Waals surface area contributed by atoms with Crippen LogP contribution >= 0.6 is 0 Å². The molecule has 1 fully saturated rings. The Balaban J connectivity index is 2.16. The van der Waals surface area contributed by atoms with Crippen LogP contribution in [0.4, 0.5) is 5.69 Å². The molecule has 1 N–H and O–H groups in total. The van der Waals surface area contributed by atoms with Crippen molar-refractivity contribution >= 4 is 11.7 Å². The van der Waals surface area contributed by atoms with Crippen LogP contribution in [0.25, 0.3) is 0 Å². The Labute approximate surface area is 107 Å². The Hall–Kier alpha value is -1.55. The number of anilines is 1. The Morgan fingerprint density at radius 2 is 2.11 bits per heavy atom. The van der Waals surface area contributed by atoms with Gasteiger partial charge in [0.05, 0.1) is 0 Å². The van der Waals surface area contributed by atoms with Crippen molar-refractivity contribution in [2.24, 2.45) is 0 Å². The average molecular weight is 249 g/mol. The monoisotopic (exact) mass is 249 g/mol. The summed E-state index contributed by atoms with van der Waals surface area (Å²) < 4.78 is 5.27. The van der Waals surface area contributed by atoms with Gasteiger partial charge in [0.1, 0.15) is 0 Å². The van der Waals surface area contributed by atoms with E-state index >= 15 is 0 Å². The fourth-order valence-electron chi connectivity index (χ4n) is 2.68. The van der Waals surface area contributed by atoms with Gasteiger partial charge < -0.3 is 14.7 Å². The van der Waals surface area contributed by atoms with Gasteiger partial charge in [0.25, 0.3) is 0 Å². The Morgan fingerprint density at radius 1 is 1.44 bits per heavy atom. The SMILES string of the molecule is COC1(C(=O)O)CCN(c2ccccc2)C(C)C1. The van der Waals surface area contributed by atoms with Gasteiger partial charge >= 0.3 is 5.97 Å². The van der Waals surface area contributed by atoms with E-state index < -0.39 is 11.6 Å². The Kier molecular flexibility index (Phi) is 3.57. The third kappa shape index (κ3) is 2.20. The van der Waals surface area contributed by atoms with Gasteiger partial charge in [-0.2, -0.15) is 0 Å². The summed E-state index contributed by atoms with van der Waals surface area (Å²) in [4.78, 5) is 13.6. The highest BCUT2D eigenvalue weighted by atomic mass is 16.5. The van der Waals surface area contributed by atoms with Crippen molar-refractivity contribution in [3.8, 4) is 0 Å². The van der Waals surface area contributed by atoms with Gasteiger partial charge in [0.15, 0.2) is 5.60 Å². The predicted molar refractivity (Wildman–Crippen MR) is 69.9 cm³/mol. The number of methoxy groups -OCH3 is 1. The highest BCUT2D eigenvalue weighted by molar-refractivity contribution is 5.78. The molecule has 1 aliphatic heterocycles. The Morgan fingerprint density at radius 3 is 2.61 bits per heavy atom. The van der Waals surface area contributed by atoms with Crippen LogP contribution in [0, 0.1) is 0 Å². The van der Waals surface area contributed by atoms with Crippen LogP contribution in [0.3, 0.4) is 0 Å². The number of para-hydroxylation sites is 1. The molecule has 0 saturated carbocycles. The maximum Gasteiger partial charge on any atom is 0.336 e. The van der Waals surface area contributed by atoms with E-state index in [1.807, 2.05) is 25.1 Å². The molecule has 0 aliphatic carbocycles. The quantitative estimate of drug-likeness (QED) is 0.891. The molecular formula is C14H19NO3. The van der Waals surface area contributed by atoms with Crippen LogP contribution < -0.4 is 4.90 Å². The number of ether oxygens (including phenoxy) is 1. The van der Waals surface area contributed by atoms with Crippen LogP contribution in [0.2, 0.25) is 0 Å². The van der Waals surface area contributed by atoms with Gasteiger partial charge in [-0.25, -0.2) is 4.79 Å². The van der Waals surface area contributed by atoms with Crippen LogP contribution in [-0.2, 0) is 9.53 Å². The lowest BCUT2D eigenvalue weighted by Crippen LogP contribution is -2.54. The first kappa shape index (κ1) is 12.9. The number of piperidine rings is 1. The van der Waals surface area contributed by atoms with E-state index in [2.05, 4.69) is 17.0 Å². The zero-order chi connectivity index (χ0) is 13.2. The number of rotatable bonds is 3. The molecule has 0 spiro atoms. The number of aliphatic carboxylic acids is 1. The van der Waals surface area contributed by atoms with E-state index in [-0.39, 0.29) is 6.04 Å². The number of carbonyl (C=O) groups is 1. The number of carboxylic acid groups (broad SMARTS) is 1. The third-order valence-electron chi connectivity index (χ3n) is 3.78. The standard InChI is InChI=1S/C14H19NO3/c1-11-10-14(18-2,13(16)17)8-9-15(11)12-6-4-3-5-7-12/h3-7,11H,8-10H2,1-2H3,(H,16,17). The summed E-state index contributed by atoms with van der Waals surface area (Å²) in [7, 11) is 1.49. The average Bonchev–Trinajstić information content (AvgIpc) is 2.39. The summed E-state index contributed by atoms with van der Waals surface area (Å²) >= 11 is 0. The summed E-state index contributed by atoms with van der Waals surface area (Å²) in [5, 5.41) is 9.32.